The highest BCUT2D eigenvalue weighted by Crippen LogP contribution is 2.22. The number of nitrogens with zero attached hydrogens (tertiary/aromatic N) is 1. The normalized spacial score (nSPS) is 19.8. The second-order valence-corrected chi connectivity index (χ2v) is 5.42. The quantitative estimate of drug-likeness (QED) is 0.834. The smallest absolute Gasteiger partial charge is 0.225 e. The van der Waals surface area contributed by atoms with Gasteiger partial charge in [-0.3, -0.25) is 9.69 Å². The number of rotatable bonds is 4. The van der Waals surface area contributed by atoms with E-state index < -0.39 is 0 Å². The van der Waals surface area contributed by atoms with Crippen molar-refractivity contribution in [2.45, 2.75) is 19.4 Å². The van der Waals surface area contributed by atoms with Gasteiger partial charge in [0.05, 0.1) is 23.4 Å². The van der Waals surface area contributed by atoms with Crippen LogP contribution < -0.4 is 11.1 Å². The summed E-state index contributed by atoms with van der Waals surface area (Å²) < 4.78 is 5.47. The lowest BCUT2D eigenvalue weighted by molar-refractivity contribution is -0.117. The second kappa shape index (κ2) is 6.92. The average molecular weight is 298 g/mol. The zero-order chi connectivity index (χ0) is 14.5. The van der Waals surface area contributed by atoms with Gasteiger partial charge < -0.3 is 15.8 Å². The lowest BCUT2D eigenvalue weighted by atomic mass is 10.2. The van der Waals surface area contributed by atoms with Gasteiger partial charge in [-0.15, -0.1) is 0 Å². The molecule has 1 aromatic carbocycles. The van der Waals surface area contributed by atoms with Crippen molar-refractivity contribution in [1.82, 2.24) is 4.90 Å². The Hall–Kier alpha value is -1.30. The predicted octanol–water partition coefficient (Wildman–Crippen LogP) is 1.97. The molecule has 2 rings (SSSR count). The third-order valence-corrected chi connectivity index (χ3v) is 3.60. The summed E-state index contributed by atoms with van der Waals surface area (Å²) >= 11 is 5.84. The molecule has 6 heteroatoms. The molecule has 1 amide bonds. The monoisotopic (exact) mass is 297 g/mol. The van der Waals surface area contributed by atoms with E-state index in [1.807, 2.05) is 6.92 Å². The van der Waals surface area contributed by atoms with Crippen molar-refractivity contribution in [3.8, 4) is 0 Å². The minimum atomic E-state index is -0.0223. The van der Waals surface area contributed by atoms with Crippen molar-refractivity contribution in [3.05, 3.63) is 23.2 Å². The van der Waals surface area contributed by atoms with Crippen molar-refractivity contribution < 1.29 is 9.53 Å². The van der Waals surface area contributed by atoms with Crippen LogP contribution in [0.4, 0.5) is 11.4 Å². The van der Waals surface area contributed by atoms with Crippen LogP contribution >= 0.6 is 11.6 Å². The molecule has 0 saturated carbocycles. The van der Waals surface area contributed by atoms with Crippen LogP contribution in [0, 0.1) is 0 Å². The Kier molecular flexibility index (Phi) is 5.23. The number of nitrogens with one attached hydrogen (secondary N) is 1. The van der Waals surface area contributed by atoms with E-state index in [2.05, 4.69) is 10.2 Å². The van der Waals surface area contributed by atoms with Gasteiger partial charge in [0.1, 0.15) is 0 Å². The Bertz CT molecular complexity index is 481. The van der Waals surface area contributed by atoms with Crippen molar-refractivity contribution in [2.75, 3.05) is 37.3 Å². The maximum absolute atomic E-state index is 11.9. The number of carbonyl (C=O) groups is 1. The van der Waals surface area contributed by atoms with Gasteiger partial charge in [-0.2, -0.15) is 0 Å². The summed E-state index contributed by atoms with van der Waals surface area (Å²) in [6.07, 6.45) is 0.692. The molecular formula is C14H20ClN3O2. The van der Waals surface area contributed by atoms with Gasteiger partial charge in [0, 0.05) is 31.7 Å². The Morgan fingerprint density at radius 2 is 2.40 bits per heavy atom. The highest BCUT2D eigenvalue weighted by Gasteiger charge is 2.17. The number of carbonyl (C=O) groups excluding carboxylic acids is 1. The SMILES string of the molecule is CC1CN(CCC(=O)Nc2ccc(Cl)c(N)c2)CCO1. The van der Waals surface area contributed by atoms with Crippen molar-refractivity contribution in [3.63, 3.8) is 0 Å². The zero-order valence-electron chi connectivity index (χ0n) is 11.6. The van der Waals surface area contributed by atoms with Crippen molar-refractivity contribution >= 4 is 28.9 Å². The molecule has 110 valence electrons. The number of amides is 1. The van der Waals surface area contributed by atoms with Crippen LogP contribution in [0.2, 0.25) is 5.02 Å². The zero-order valence-corrected chi connectivity index (χ0v) is 12.3. The number of hydrogen-bond donors (Lipinski definition) is 2. The number of hydrogen-bond acceptors (Lipinski definition) is 4. The summed E-state index contributed by atoms with van der Waals surface area (Å²) in [5.41, 5.74) is 6.83. The molecule has 1 heterocycles. The number of morpholine rings is 1. The molecule has 1 aliphatic rings. The van der Waals surface area contributed by atoms with Crippen LogP contribution in [0.1, 0.15) is 13.3 Å². The summed E-state index contributed by atoms with van der Waals surface area (Å²) in [6, 6.07) is 5.08. The number of nitrogen functional groups attached to an aromatic ring is 1. The maximum Gasteiger partial charge on any atom is 0.225 e. The molecule has 3 N–H and O–H groups in total. The summed E-state index contributed by atoms with van der Waals surface area (Å²) in [4.78, 5) is 14.1. The van der Waals surface area contributed by atoms with Gasteiger partial charge in [0.2, 0.25) is 5.91 Å². The van der Waals surface area contributed by atoms with Gasteiger partial charge >= 0.3 is 0 Å². The Balaban J connectivity index is 1.78. The third-order valence-electron chi connectivity index (χ3n) is 3.26. The van der Waals surface area contributed by atoms with Crippen LogP contribution in [0.25, 0.3) is 0 Å². The molecule has 5 nitrogen and oxygen atoms in total. The minimum Gasteiger partial charge on any atom is -0.397 e. The summed E-state index contributed by atoms with van der Waals surface area (Å²) in [6.45, 7) is 5.27. The van der Waals surface area contributed by atoms with Gasteiger partial charge in [-0.1, -0.05) is 11.6 Å². The summed E-state index contributed by atoms with van der Waals surface area (Å²) in [5.74, 6) is -0.0223. The van der Waals surface area contributed by atoms with Gasteiger partial charge in [0.15, 0.2) is 0 Å². The summed E-state index contributed by atoms with van der Waals surface area (Å²) in [5, 5.41) is 3.32. The Morgan fingerprint density at radius 3 is 3.10 bits per heavy atom. The van der Waals surface area contributed by atoms with E-state index in [9.17, 15) is 4.79 Å². The number of ether oxygens (including phenoxy) is 1. The fraction of sp³-hybridized carbons (Fsp3) is 0.500. The fourth-order valence-electron chi connectivity index (χ4n) is 2.20. The van der Waals surface area contributed by atoms with Crippen LogP contribution in [0.3, 0.4) is 0 Å². The van der Waals surface area contributed by atoms with Crippen LogP contribution in [0.5, 0.6) is 0 Å². The van der Waals surface area contributed by atoms with E-state index in [1.54, 1.807) is 18.2 Å². The summed E-state index contributed by atoms with van der Waals surface area (Å²) in [7, 11) is 0. The highest BCUT2D eigenvalue weighted by atomic mass is 35.5. The standard InChI is InChI=1S/C14H20ClN3O2/c1-10-9-18(6-7-20-10)5-4-14(19)17-11-2-3-12(15)13(16)8-11/h2-3,8,10H,4-7,9,16H2,1H3,(H,17,19). The predicted molar refractivity (Wildman–Crippen MR) is 81.0 cm³/mol. The lowest BCUT2D eigenvalue weighted by Gasteiger charge is -2.30. The number of halogens is 1. The average Bonchev–Trinajstić information content (AvgIpc) is 2.41. The van der Waals surface area contributed by atoms with E-state index >= 15 is 0 Å². The first-order valence-electron chi connectivity index (χ1n) is 6.73. The molecule has 0 aliphatic carbocycles. The van der Waals surface area contributed by atoms with Crippen molar-refractivity contribution in [2.24, 2.45) is 0 Å². The molecule has 0 radical (unpaired) electrons. The minimum absolute atomic E-state index is 0.0223. The van der Waals surface area contributed by atoms with Crippen molar-refractivity contribution in [1.29, 1.82) is 0 Å². The molecule has 20 heavy (non-hydrogen) atoms. The molecule has 0 bridgehead atoms. The molecular weight excluding hydrogens is 278 g/mol. The van der Waals surface area contributed by atoms with Gasteiger partial charge in [0.25, 0.3) is 0 Å². The fourth-order valence-corrected chi connectivity index (χ4v) is 2.32. The maximum atomic E-state index is 11.9. The molecule has 1 fully saturated rings. The Labute approximate surface area is 124 Å². The topological polar surface area (TPSA) is 67.6 Å². The Morgan fingerprint density at radius 1 is 1.60 bits per heavy atom. The first-order valence-corrected chi connectivity index (χ1v) is 7.11. The molecule has 0 spiro atoms. The van der Waals surface area contributed by atoms with E-state index in [0.717, 1.165) is 26.2 Å². The molecule has 1 aromatic rings. The van der Waals surface area contributed by atoms with E-state index in [4.69, 9.17) is 22.1 Å². The van der Waals surface area contributed by atoms with Crippen LogP contribution in [0.15, 0.2) is 18.2 Å². The lowest BCUT2D eigenvalue weighted by Crippen LogP contribution is -2.42. The van der Waals surface area contributed by atoms with Crippen LogP contribution in [-0.4, -0.2) is 43.2 Å². The molecule has 1 unspecified atom stereocenters. The molecule has 1 atom stereocenters. The number of benzene rings is 1. The molecule has 1 saturated heterocycles. The van der Waals surface area contributed by atoms with E-state index in [0.29, 0.717) is 22.8 Å². The second-order valence-electron chi connectivity index (χ2n) is 5.02. The van der Waals surface area contributed by atoms with E-state index in [-0.39, 0.29) is 12.0 Å². The largest absolute Gasteiger partial charge is 0.397 e. The van der Waals surface area contributed by atoms with Gasteiger partial charge in [-0.05, 0) is 25.1 Å². The number of anilines is 2. The third kappa shape index (κ3) is 4.37. The van der Waals surface area contributed by atoms with E-state index in [1.165, 1.54) is 0 Å². The number of nitrogens with two attached hydrogens (primary N) is 1. The molecule has 1 aliphatic heterocycles. The first kappa shape index (κ1) is 15.1. The highest BCUT2D eigenvalue weighted by molar-refractivity contribution is 6.33. The van der Waals surface area contributed by atoms with Gasteiger partial charge in [-0.25, -0.2) is 0 Å². The van der Waals surface area contributed by atoms with Crippen LogP contribution in [-0.2, 0) is 9.53 Å². The molecule has 0 aromatic heterocycles. The first-order chi connectivity index (χ1) is 9.54.